The first-order chi connectivity index (χ1) is 14.1. The first-order valence-corrected chi connectivity index (χ1v) is 9.55. The van der Waals surface area contributed by atoms with Gasteiger partial charge in [-0.1, -0.05) is 24.3 Å². The van der Waals surface area contributed by atoms with E-state index in [1.807, 2.05) is 38.1 Å². The number of nitrogens with one attached hydrogen (secondary N) is 2. The third-order valence-corrected chi connectivity index (χ3v) is 4.55. The number of guanidine groups is 1. The van der Waals surface area contributed by atoms with Crippen molar-refractivity contribution in [2.45, 2.75) is 44.6 Å². The van der Waals surface area contributed by atoms with Crippen molar-refractivity contribution in [3.8, 4) is 11.6 Å². The summed E-state index contributed by atoms with van der Waals surface area (Å²) in [6.07, 6.45) is -2.16. The molecule has 0 aliphatic carbocycles. The lowest BCUT2D eigenvalue weighted by molar-refractivity contribution is -0.154. The number of hydrogen-bond acceptors (Lipinski definition) is 4. The molecule has 162 valence electrons. The van der Waals surface area contributed by atoms with Gasteiger partial charge in [0.15, 0.2) is 12.6 Å². The highest BCUT2D eigenvalue weighted by Gasteiger charge is 2.34. The van der Waals surface area contributed by atoms with Crippen molar-refractivity contribution >= 4 is 5.96 Å². The van der Waals surface area contributed by atoms with Crippen molar-refractivity contribution in [1.82, 2.24) is 15.6 Å². The van der Waals surface area contributed by atoms with E-state index in [0.717, 1.165) is 23.3 Å². The van der Waals surface area contributed by atoms with Crippen LogP contribution in [0.3, 0.4) is 0 Å². The van der Waals surface area contributed by atoms with Crippen molar-refractivity contribution in [2.24, 2.45) is 4.99 Å². The molecule has 0 saturated heterocycles. The van der Waals surface area contributed by atoms with Gasteiger partial charge in [-0.3, -0.25) is 4.99 Å². The van der Waals surface area contributed by atoms with Gasteiger partial charge in [0.05, 0.1) is 6.04 Å². The smallest absolute Gasteiger partial charge is 0.422 e. The SMILES string of the molecule is CN=C(NCc1ccc(OCC(F)(F)F)nc1)NC1CC(C)(C)Oc2ccccc21. The van der Waals surface area contributed by atoms with E-state index < -0.39 is 12.8 Å². The van der Waals surface area contributed by atoms with Gasteiger partial charge in [-0.05, 0) is 25.5 Å². The molecule has 0 amide bonds. The molecule has 0 fully saturated rings. The Balaban J connectivity index is 1.59. The molecule has 1 aromatic carbocycles. The van der Waals surface area contributed by atoms with Crippen molar-refractivity contribution in [3.05, 3.63) is 53.7 Å². The summed E-state index contributed by atoms with van der Waals surface area (Å²) in [5.41, 5.74) is 1.53. The van der Waals surface area contributed by atoms with Crippen molar-refractivity contribution < 1.29 is 22.6 Å². The molecule has 0 bridgehead atoms. The average molecular weight is 422 g/mol. The number of pyridine rings is 1. The van der Waals surface area contributed by atoms with Gasteiger partial charge in [0.2, 0.25) is 5.88 Å². The lowest BCUT2D eigenvalue weighted by atomic mass is 9.90. The Hall–Kier alpha value is -2.97. The fourth-order valence-electron chi connectivity index (χ4n) is 3.23. The molecule has 1 aliphatic rings. The number of nitrogens with zero attached hydrogens (tertiary/aromatic N) is 2. The van der Waals surface area contributed by atoms with Crippen molar-refractivity contribution in [1.29, 1.82) is 0 Å². The van der Waals surface area contributed by atoms with Crippen LogP contribution in [0.4, 0.5) is 13.2 Å². The number of para-hydroxylation sites is 1. The van der Waals surface area contributed by atoms with Gasteiger partial charge in [-0.2, -0.15) is 13.2 Å². The highest BCUT2D eigenvalue weighted by atomic mass is 19.4. The molecule has 6 nitrogen and oxygen atoms in total. The second-order valence-electron chi connectivity index (χ2n) is 7.63. The van der Waals surface area contributed by atoms with Crippen LogP contribution in [-0.2, 0) is 6.54 Å². The van der Waals surface area contributed by atoms with Crippen LogP contribution in [0.5, 0.6) is 11.6 Å². The zero-order valence-electron chi connectivity index (χ0n) is 17.1. The van der Waals surface area contributed by atoms with E-state index in [4.69, 9.17) is 4.74 Å². The minimum absolute atomic E-state index is 0.0208. The van der Waals surface area contributed by atoms with Crippen LogP contribution >= 0.6 is 0 Å². The molecular formula is C21H25F3N4O2. The molecule has 2 aromatic rings. The van der Waals surface area contributed by atoms with Crippen molar-refractivity contribution in [3.63, 3.8) is 0 Å². The van der Waals surface area contributed by atoms with Gasteiger partial charge in [-0.25, -0.2) is 4.98 Å². The van der Waals surface area contributed by atoms with Crippen LogP contribution in [0.15, 0.2) is 47.6 Å². The van der Waals surface area contributed by atoms with Gasteiger partial charge < -0.3 is 20.1 Å². The van der Waals surface area contributed by atoms with Gasteiger partial charge in [0.25, 0.3) is 0 Å². The summed E-state index contributed by atoms with van der Waals surface area (Å²) >= 11 is 0. The largest absolute Gasteiger partial charge is 0.487 e. The Morgan fingerprint density at radius 3 is 2.70 bits per heavy atom. The van der Waals surface area contributed by atoms with Crippen LogP contribution in [0, 0.1) is 0 Å². The fraction of sp³-hybridized carbons (Fsp3) is 0.429. The van der Waals surface area contributed by atoms with E-state index in [2.05, 4.69) is 25.3 Å². The summed E-state index contributed by atoms with van der Waals surface area (Å²) < 4.78 is 47.3. The number of aromatic nitrogens is 1. The minimum atomic E-state index is -4.39. The molecule has 1 atom stereocenters. The molecule has 9 heteroatoms. The molecule has 0 radical (unpaired) electrons. The summed E-state index contributed by atoms with van der Waals surface area (Å²) in [7, 11) is 1.68. The van der Waals surface area contributed by atoms with Gasteiger partial charge in [0.1, 0.15) is 11.4 Å². The standard InChI is InChI=1S/C21H25F3N4O2/c1-20(2)10-16(15-6-4-5-7-17(15)30-20)28-19(25-3)27-12-14-8-9-18(26-11-14)29-13-21(22,23)24/h4-9,11,16H,10,12-13H2,1-3H3,(H2,25,27,28). The Morgan fingerprint density at radius 1 is 1.27 bits per heavy atom. The summed E-state index contributed by atoms with van der Waals surface area (Å²) in [6.45, 7) is 3.13. The van der Waals surface area contributed by atoms with E-state index in [0.29, 0.717) is 12.5 Å². The maximum Gasteiger partial charge on any atom is 0.422 e. The van der Waals surface area contributed by atoms with Crippen LogP contribution in [0.1, 0.15) is 37.4 Å². The highest BCUT2D eigenvalue weighted by Crippen LogP contribution is 2.39. The fourth-order valence-corrected chi connectivity index (χ4v) is 3.23. The number of ether oxygens (including phenoxy) is 2. The van der Waals surface area contributed by atoms with E-state index in [-0.39, 0.29) is 17.5 Å². The first-order valence-electron chi connectivity index (χ1n) is 9.55. The summed E-state index contributed by atoms with van der Waals surface area (Å²) in [5.74, 6) is 1.38. The summed E-state index contributed by atoms with van der Waals surface area (Å²) in [5, 5.41) is 6.63. The Labute approximate surface area is 173 Å². The predicted octanol–water partition coefficient (Wildman–Crippen LogP) is 3.99. The van der Waals surface area contributed by atoms with E-state index in [1.165, 1.54) is 12.3 Å². The topological polar surface area (TPSA) is 67.8 Å². The number of benzene rings is 1. The molecule has 30 heavy (non-hydrogen) atoms. The average Bonchev–Trinajstić information content (AvgIpc) is 2.68. The van der Waals surface area contributed by atoms with E-state index in [9.17, 15) is 13.2 Å². The normalized spacial score (nSPS) is 18.2. The van der Waals surface area contributed by atoms with Gasteiger partial charge >= 0.3 is 6.18 Å². The number of alkyl halides is 3. The van der Waals surface area contributed by atoms with Crippen LogP contribution < -0.4 is 20.1 Å². The third-order valence-electron chi connectivity index (χ3n) is 4.55. The second kappa shape index (κ2) is 8.81. The quantitative estimate of drug-likeness (QED) is 0.563. The van der Waals surface area contributed by atoms with Crippen molar-refractivity contribution in [2.75, 3.05) is 13.7 Å². The Kier molecular flexibility index (Phi) is 6.38. The lowest BCUT2D eigenvalue weighted by Crippen LogP contribution is -2.45. The Bertz CT molecular complexity index is 883. The zero-order valence-corrected chi connectivity index (χ0v) is 17.1. The molecule has 3 rings (SSSR count). The molecule has 1 aromatic heterocycles. The molecule has 2 N–H and O–H groups in total. The summed E-state index contributed by atoms with van der Waals surface area (Å²) in [4.78, 5) is 8.19. The molecular weight excluding hydrogens is 397 g/mol. The predicted molar refractivity (Wildman–Crippen MR) is 108 cm³/mol. The number of halogens is 3. The number of fused-ring (bicyclic) bond motifs is 1. The Morgan fingerprint density at radius 2 is 2.03 bits per heavy atom. The molecule has 0 saturated carbocycles. The third kappa shape index (κ3) is 6.01. The van der Waals surface area contributed by atoms with Crippen LogP contribution in [0.2, 0.25) is 0 Å². The lowest BCUT2D eigenvalue weighted by Gasteiger charge is -2.38. The molecule has 1 unspecified atom stereocenters. The highest BCUT2D eigenvalue weighted by molar-refractivity contribution is 5.80. The van der Waals surface area contributed by atoms with Crippen LogP contribution in [0.25, 0.3) is 0 Å². The minimum Gasteiger partial charge on any atom is -0.487 e. The van der Waals surface area contributed by atoms with Gasteiger partial charge in [0, 0.05) is 37.8 Å². The maximum absolute atomic E-state index is 12.2. The van der Waals surface area contributed by atoms with E-state index >= 15 is 0 Å². The second-order valence-corrected chi connectivity index (χ2v) is 7.63. The maximum atomic E-state index is 12.2. The first kappa shape index (κ1) is 21.7. The van der Waals surface area contributed by atoms with E-state index in [1.54, 1.807) is 13.1 Å². The zero-order chi connectivity index (χ0) is 21.8. The summed E-state index contributed by atoms with van der Waals surface area (Å²) in [6, 6.07) is 11.0. The van der Waals surface area contributed by atoms with Gasteiger partial charge in [-0.15, -0.1) is 0 Å². The molecule has 2 heterocycles. The number of hydrogen-bond donors (Lipinski definition) is 2. The number of aliphatic imine (C=N–C) groups is 1. The molecule has 0 spiro atoms. The molecule has 1 aliphatic heterocycles. The van der Waals surface area contributed by atoms with Crippen LogP contribution in [-0.4, -0.2) is 36.4 Å². The number of rotatable bonds is 5. The monoisotopic (exact) mass is 422 g/mol.